The van der Waals surface area contributed by atoms with Crippen LogP contribution in [0.2, 0.25) is 0 Å². The van der Waals surface area contributed by atoms with Crippen molar-refractivity contribution >= 4 is 6.08 Å². The lowest BCUT2D eigenvalue weighted by Gasteiger charge is -2.19. The smallest absolute Gasteiger partial charge is 0.0273 e. The van der Waals surface area contributed by atoms with Crippen molar-refractivity contribution < 1.29 is 0 Å². The van der Waals surface area contributed by atoms with Crippen LogP contribution >= 0.6 is 0 Å². The minimum absolute atomic E-state index is 1.27. The molecule has 0 atom stereocenters. The topological polar surface area (TPSA) is 0 Å². The standard InChI is InChI=1S/C19H25/c1-2-3-4-5-8-15-11-12-18-13-16-9-6-7-10-17(16)14-19(15)18/h11-14H,2-10H2,1H3. The van der Waals surface area contributed by atoms with E-state index in [4.69, 9.17) is 0 Å². The van der Waals surface area contributed by atoms with Gasteiger partial charge in [0.05, 0.1) is 0 Å². The zero-order valence-corrected chi connectivity index (χ0v) is 12.2. The maximum absolute atomic E-state index is 2.50. The number of fused-ring (bicyclic) bond motifs is 2. The maximum Gasteiger partial charge on any atom is 0.0273 e. The van der Waals surface area contributed by atoms with E-state index in [2.05, 4.69) is 31.2 Å². The second-order valence-corrected chi connectivity index (χ2v) is 6.08. The van der Waals surface area contributed by atoms with E-state index in [1.165, 1.54) is 68.9 Å². The summed E-state index contributed by atoms with van der Waals surface area (Å²) in [5.74, 6) is 1.58. The minimum atomic E-state index is 1.27. The summed E-state index contributed by atoms with van der Waals surface area (Å²) in [6.07, 6.45) is 16.8. The molecule has 0 nitrogen and oxygen atoms in total. The molecule has 2 aliphatic rings. The van der Waals surface area contributed by atoms with Crippen molar-refractivity contribution in [1.29, 1.82) is 0 Å². The van der Waals surface area contributed by atoms with Gasteiger partial charge in [0.1, 0.15) is 0 Å². The van der Waals surface area contributed by atoms with E-state index in [1.54, 1.807) is 17.0 Å². The molecule has 0 N–H and O–H groups in total. The summed E-state index contributed by atoms with van der Waals surface area (Å²) < 4.78 is 0. The van der Waals surface area contributed by atoms with Gasteiger partial charge in [-0.15, -0.1) is 0 Å². The van der Waals surface area contributed by atoms with Gasteiger partial charge in [0.25, 0.3) is 0 Å². The summed E-state index contributed by atoms with van der Waals surface area (Å²) in [5.41, 5.74) is 6.25. The van der Waals surface area contributed by atoms with E-state index in [0.29, 0.717) is 0 Å². The summed E-state index contributed by atoms with van der Waals surface area (Å²) in [7, 11) is 0. The van der Waals surface area contributed by atoms with Gasteiger partial charge >= 0.3 is 0 Å². The average Bonchev–Trinajstić information content (AvgIpc) is 2.83. The fraction of sp³-hybridized carbons (Fsp3) is 0.526. The molecular formula is C19H25. The predicted molar refractivity (Wildman–Crippen MR) is 83.2 cm³/mol. The number of rotatable bonds is 5. The molecule has 0 heteroatoms. The monoisotopic (exact) mass is 253 g/mol. The van der Waals surface area contributed by atoms with Crippen LogP contribution in [0.5, 0.6) is 0 Å². The number of allylic oxidation sites excluding steroid dienone is 1. The quantitative estimate of drug-likeness (QED) is 0.609. The van der Waals surface area contributed by atoms with E-state index in [9.17, 15) is 0 Å². The zero-order valence-electron chi connectivity index (χ0n) is 12.2. The number of hydrogen-bond donors (Lipinski definition) is 0. The van der Waals surface area contributed by atoms with Crippen LogP contribution in [-0.4, -0.2) is 0 Å². The molecule has 0 bridgehead atoms. The molecule has 0 aromatic heterocycles. The summed E-state index contributed by atoms with van der Waals surface area (Å²) in [5, 5.41) is 0. The lowest BCUT2D eigenvalue weighted by Crippen LogP contribution is -2.05. The van der Waals surface area contributed by atoms with Crippen LogP contribution in [0.15, 0.2) is 18.2 Å². The Balaban J connectivity index is 1.71. The third-order valence-corrected chi connectivity index (χ3v) is 4.62. The number of unbranched alkanes of at least 4 members (excludes halogenated alkanes) is 3. The van der Waals surface area contributed by atoms with E-state index in [0.717, 1.165) is 0 Å². The van der Waals surface area contributed by atoms with Gasteiger partial charge in [-0.2, -0.15) is 0 Å². The van der Waals surface area contributed by atoms with Crippen LogP contribution in [0.1, 0.15) is 74.1 Å². The Morgan fingerprint density at radius 2 is 1.68 bits per heavy atom. The van der Waals surface area contributed by atoms with Crippen molar-refractivity contribution in [3.63, 3.8) is 0 Å². The van der Waals surface area contributed by atoms with Gasteiger partial charge in [0, 0.05) is 5.92 Å². The fourth-order valence-electron chi connectivity index (χ4n) is 3.46. The molecule has 1 aromatic carbocycles. The van der Waals surface area contributed by atoms with Gasteiger partial charge in [0.15, 0.2) is 0 Å². The lowest BCUT2D eigenvalue weighted by molar-refractivity contribution is 0.653. The second-order valence-electron chi connectivity index (χ2n) is 6.08. The number of hydrogen-bond acceptors (Lipinski definition) is 0. The average molecular weight is 253 g/mol. The van der Waals surface area contributed by atoms with Gasteiger partial charge in [0.2, 0.25) is 0 Å². The van der Waals surface area contributed by atoms with Crippen molar-refractivity contribution in [3.8, 4) is 0 Å². The summed E-state index contributed by atoms with van der Waals surface area (Å²) in [4.78, 5) is 0. The molecule has 19 heavy (non-hydrogen) atoms. The van der Waals surface area contributed by atoms with Crippen molar-refractivity contribution in [1.82, 2.24) is 0 Å². The van der Waals surface area contributed by atoms with Crippen LogP contribution in [-0.2, 0) is 12.8 Å². The van der Waals surface area contributed by atoms with E-state index >= 15 is 0 Å². The minimum Gasteiger partial charge on any atom is -0.0721 e. The lowest BCUT2D eigenvalue weighted by atomic mass is 9.86. The molecule has 0 saturated heterocycles. The van der Waals surface area contributed by atoms with Crippen LogP contribution < -0.4 is 0 Å². The van der Waals surface area contributed by atoms with Crippen molar-refractivity contribution in [2.75, 3.05) is 0 Å². The molecule has 1 aromatic rings. The second kappa shape index (κ2) is 5.94. The highest BCUT2D eigenvalue weighted by atomic mass is 14.2. The van der Waals surface area contributed by atoms with Crippen LogP contribution in [0.3, 0.4) is 0 Å². The Bertz CT molecular complexity index is 467. The molecule has 2 aliphatic carbocycles. The summed E-state index contributed by atoms with van der Waals surface area (Å²) in [6, 6.07) is 4.96. The highest BCUT2D eigenvalue weighted by Gasteiger charge is 2.20. The molecular weight excluding hydrogens is 228 g/mol. The highest BCUT2D eigenvalue weighted by molar-refractivity contribution is 5.70. The van der Waals surface area contributed by atoms with Gasteiger partial charge in [-0.05, 0) is 54.4 Å². The SMILES string of the molecule is CCCCCC[C]1C=Cc2cc3c(cc21)CCCC3. The molecule has 0 amide bonds. The van der Waals surface area contributed by atoms with Gasteiger partial charge in [-0.1, -0.05) is 56.9 Å². The fourth-order valence-corrected chi connectivity index (χ4v) is 3.46. The molecule has 0 spiro atoms. The third-order valence-electron chi connectivity index (χ3n) is 4.62. The third kappa shape index (κ3) is 2.78. The Kier molecular flexibility index (Phi) is 4.06. The van der Waals surface area contributed by atoms with E-state index in [1.807, 2.05) is 0 Å². The molecule has 0 saturated carbocycles. The molecule has 101 valence electrons. The van der Waals surface area contributed by atoms with E-state index < -0.39 is 0 Å². The number of aryl methyl sites for hydroxylation is 2. The Morgan fingerprint density at radius 3 is 2.47 bits per heavy atom. The first-order chi connectivity index (χ1) is 9.38. The zero-order chi connectivity index (χ0) is 13.1. The van der Waals surface area contributed by atoms with Gasteiger partial charge in [-0.25, -0.2) is 0 Å². The molecule has 0 aliphatic heterocycles. The Morgan fingerprint density at radius 1 is 0.895 bits per heavy atom. The summed E-state index contributed by atoms with van der Waals surface area (Å²) in [6.45, 7) is 2.28. The molecule has 3 rings (SSSR count). The normalized spacial score (nSPS) is 17.5. The Labute approximate surface area is 117 Å². The molecule has 0 unspecified atom stereocenters. The maximum atomic E-state index is 2.50. The van der Waals surface area contributed by atoms with Crippen molar-refractivity contribution in [2.45, 2.75) is 64.7 Å². The highest BCUT2D eigenvalue weighted by Crippen LogP contribution is 2.36. The van der Waals surface area contributed by atoms with Crippen LogP contribution in [0.25, 0.3) is 6.08 Å². The van der Waals surface area contributed by atoms with E-state index in [-0.39, 0.29) is 0 Å². The first kappa shape index (κ1) is 13.0. The molecule has 0 fully saturated rings. The molecule has 1 radical (unpaired) electrons. The predicted octanol–water partition coefficient (Wildman–Crippen LogP) is 5.49. The summed E-state index contributed by atoms with van der Waals surface area (Å²) >= 11 is 0. The van der Waals surface area contributed by atoms with Gasteiger partial charge in [-0.3, -0.25) is 0 Å². The Hall–Kier alpha value is -1.04. The first-order valence-electron chi connectivity index (χ1n) is 8.08. The number of benzene rings is 1. The molecule has 0 heterocycles. The van der Waals surface area contributed by atoms with Crippen LogP contribution in [0, 0.1) is 5.92 Å². The first-order valence-corrected chi connectivity index (χ1v) is 8.08. The van der Waals surface area contributed by atoms with Crippen molar-refractivity contribution in [3.05, 3.63) is 46.4 Å². The van der Waals surface area contributed by atoms with Crippen LogP contribution in [0.4, 0.5) is 0 Å². The van der Waals surface area contributed by atoms with Gasteiger partial charge < -0.3 is 0 Å². The van der Waals surface area contributed by atoms with Crippen molar-refractivity contribution in [2.24, 2.45) is 0 Å². The largest absolute Gasteiger partial charge is 0.0721 e.